The number of hydrogen-bond donors (Lipinski definition) is 3. The molecule has 2 fully saturated rings. The summed E-state index contributed by atoms with van der Waals surface area (Å²) in [4.78, 5) is 41.5. The Balaban J connectivity index is 1.78. The lowest BCUT2D eigenvalue weighted by molar-refractivity contribution is 0.0727. The minimum atomic E-state index is -0.642. The Kier molecular flexibility index (Phi) is 3.92. The first-order valence-electron chi connectivity index (χ1n) is 7.48. The molecule has 21 heavy (non-hydrogen) atoms. The Bertz CT molecular complexity index is 597. The van der Waals surface area contributed by atoms with Crippen LogP contribution in [-0.2, 0) is 0 Å². The van der Waals surface area contributed by atoms with Gasteiger partial charge in [-0.3, -0.25) is 14.6 Å². The maximum atomic E-state index is 12.6. The van der Waals surface area contributed by atoms with E-state index >= 15 is 0 Å². The normalized spacial score (nSPS) is 21.4. The molecule has 1 amide bonds. The van der Waals surface area contributed by atoms with Crippen molar-refractivity contribution in [2.75, 3.05) is 19.6 Å². The van der Waals surface area contributed by atoms with E-state index in [1.807, 2.05) is 0 Å². The second kappa shape index (κ2) is 5.85. The number of nitrogens with zero attached hydrogens (tertiary/aromatic N) is 1. The predicted molar refractivity (Wildman–Crippen MR) is 77.3 cm³/mol. The maximum absolute atomic E-state index is 12.6. The van der Waals surface area contributed by atoms with Gasteiger partial charge < -0.3 is 15.2 Å². The first-order valence-corrected chi connectivity index (χ1v) is 7.48. The predicted octanol–water partition coefficient (Wildman–Crippen LogP) is -0.333. The number of carbonyl (C=O) groups excluding carboxylic acids is 1. The van der Waals surface area contributed by atoms with Gasteiger partial charge in [0.25, 0.3) is 11.5 Å². The summed E-state index contributed by atoms with van der Waals surface area (Å²) in [6, 6.07) is 1.47. The molecule has 1 saturated carbocycles. The van der Waals surface area contributed by atoms with Gasteiger partial charge in [-0.25, -0.2) is 4.79 Å². The quantitative estimate of drug-likeness (QED) is 0.692. The first-order chi connectivity index (χ1) is 10.1. The molecule has 3 N–H and O–H groups in total. The largest absolute Gasteiger partial charge is 0.336 e. The molecule has 7 nitrogen and oxygen atoms in total. The number of aromatic nitrogens is 2. The van der Waals surface area contributed by atoms with Crippen LogP contribution in [0.1, 0.15) is 36.2 Å². The second-order valence-corrected chi connectivity index (χ2v) is 5.95. The summed E-state index contributed by atoms with van der Waals surface area (Å²) in [6.07, 6.45) is 4.47. The Morgan fingerprint density at radius 3 is 2.62 bits per heavy atom. The molecule has 7 heteroatoms. The van der Waals surface area contributed by atoms with Gasteiger partial charge in [-0.05, 0) is 38.1 Å². The van der Waals surface area contributed by atoms with E-state index in [0.29, 0.717) is 25.0 Å². The standard InChI is InChI=1S/C14H20N4O3/c19-12-6-11(16-14(21)17-12)13(20)18(7-9-3-4-9)8-10-2-1-5-15-10/h6,9-10,15H,1-5,7-8H2,(H2,16,17,19,21). The van der Waals surface area contributed by atoms with Crippen molar-refractivity contribution >= 4 is 5.91 Å². The van der Waals surface area contributed by atoms with E-state index in [-0.39, 0.29) is 11.6 Å². The van der Waals surface area contributed by atoms with Gasteiger partial charge in [0.05, 0.1) is 0 Å². The maximum Gasteiger partial charge on any atom is 0.326 e. The molecule has 2 aliphatic rings. The topological polar surface area (TPSA) is 98.1 Å². The van der Waals surface area contributed by atoms with Crippen molar-refractivity contribution in [2.45, 2.75) is 31.7 Å². The number of H-pyrrole nitrogens is 2. The molecule has 3 rings (SSSR count). The monoisotopic (exact) mass is 292 g/mol. The molecular formula is C14H20N4O3. The molecule has 0 aromatic carbocycles. The van der Waals surface area contributed by atoms with E-state index < -0.39 is 11.2 Å². The van der Waals surface area contributed by atoms with Crippen molar-refractivity contribution in [3.05, 3.63) is 32.6 Å². The lowest BCUT2D eigenvalue weighted by Crippen LogP contribution is -2.43. The minimum absolute atomic E-state index is 0.0717. The second-order valence-electron chi connectivity index (χ2n) is 5.95. The molecule has 1 unspecified atom stereocenters. The summed E-state index contributed by atoms with van der Waals surface area (Å²) in [5, 5.41) is 3.38. The Morgan fingerprint density at radius 1 is 1.19 bits per heavy atom. The van der Waals surface area contributed by atoms with Gasteiger partial charge in [-0.15, -0.1) is 0 Å². The summed E-state index contributed by atoms with van der Waals surface area (Å²) in [5.74, 6) is 0.294. The van der Waals surface area contributed by atoms with Crippen molar-refractivity contribution in [3.8, 4) is 0 Å². The van der Waals surface area contributed by atoms with Crippen LogP contribution >= 0.6 is 0 Å². The fourth-order valence-corrected chi connectivity index (χ4v) is 2.79. The van der Waals surface area contributed by atoms with Gasteiger partial charge in [-0.2, -0.15) is 0 Å². The molecule has 1 aliphatic carbocycles. The average molecular weight is 292 g/mol. The SMILES string of the molecule is O=C(c1cc(=O)[nH]c(=O)[nH]1)N(CC1CC1)CC1CCCN1. The van der Waals surface area contributed by atoms with Crippen molar-refractivity contribution in [1.82, 2.24) is 20.2 Å². The Labute approximate surface area is 121 Å². The molecule has 1 atom stereocenters. The number of rotatable bonds is 5. The van der Waals surface area contributed by atoms with Crippen LogP contribution in [0, 0.1) is 5.92 Å². The zero-order valence-electron chi connectivity index (χ0n) is 11.9. The summed E-state index contributed by atoms with van der Waals surface area (Å²) >= 11 is 0. The molecule has 0 bridgehead atoms. The van der Waals surface area contributed by atoms with Crippen LogP contribution in [0.2, 0.25) is 0 Å². The molecule has 2 heterocycles. The highest BCUT2D eigenvalue weighted by molar-refractivity contribution is 5.92. The molecule has 114 valence electrons. The summed E-state index contributed by atoms with van der Waals surface area (Å²) in [6.45, 7) is 2.31. The zero-order valence-corrected chi connectivity index (χ0v) is 11.9. The third kappa shape index (κ3) is 3.60. The number of hydrogen-bond acceptors (Lipinski definition) is 4. The Morgan fingerprint density at radius 2 is 2.00 bits per heavy atom. The van der Waals surface area contributed by atoms with Gasteiger partial charge in [0.2, 0.25) is 0 Å². The highest BCUT2D eigenvalue weighted by Gasteiger charge is 2.30. The van der Waals surface area contributed by atoms with E-state index in [2.05, 4.69) is 15.3 Å². The van der Waals surface area contributed by atoms with E-state index in [4.69, 9.17) is 0 Å². The number of aromatic amines is 2. The van der Waals surface area contributed by atoms with E-state index in [9.17, 15) is 14.4 Å². The third-order valence-corrected chi connectivity index (χ3v) is 4.06. The zero-order chi connectivity index (χ0) is 14.8. The molecule has 1 saturated heterocycles. The third-order valence-electron chi connectivity index (χ3n) is 4.06. The molecule has 0 radical (unpaired) electrons. The smallest absolute Gasteiger partial charge is 0.326 e. The lowest BCUT2D eigenvalue weighted by Gasteiger charge is -2.25. The van der Waals surface area contributed by atoms with Gasteiger partial charge in [-0.1, -0.05) is 0 Å². The molecule has 1 aliphatic heterocycles. The minimum Gasteiger partial charge on any atom is -0.336 e. The lowest BCUT2D eigenvalue weighted by atomic mass is 10.2. The number of nitrogens with one attached hydrogen (secondary N) is 3. The van der Waals surface area contributed by atoms with Crippen LogP contribution in [0.25, 0.3) is 0 Å². The first kappa shape index (κ1) is 14.1. The van der Waals surface area contributed by atoms with Gasteiger partial charge in [0.15, 0.2) is 0 Å². The molecule has 1 aromatic heterocycles. The van der Waals surface area contributed by atoms with Gasteiger partial charge in [0, 0.05) is 25.2 Å². The number of amides is 1. The number of carbonyl (C=O) groups is 1. The van der Waals surface area contributed by atoms with Crippen LogP contribution in [0.4, 0.5) is 0 Å². The van der Waals surface area contributed by atoms with Crippen molar-refractivity contribution in [2.24, 2.45) is 5.92 Å². The van der Waals surface area contributed by atoms with Crippen LogP contribution in [0.3, 0.4) is 0 Å². The average Bonchev–Trinajstić information content (AvgIpc) is 3.10. The molecule has 1 aromatic rings. The molecule has 0 spiro atoms. The highest BCUT2D eigenvalue weighted by Crippen LogP contribution is 2.30. The van der Waals surface area contributed by atoms with Crippen LogP contribution in [0.5, 0.6) is 0 Å². The van der Waals surface area contributed by atoms with E-state index in [1.165, 1.54) is 0 Å². The van der Waals surface area contributed by atoms with Crippen LogP contribution in [-0.4, -0.2) is 46.5 Å². The summed E-state index contributed by atoms with van der Waals surface area (Å²) in [7, 11) is 0. The van der Waals surface area contributed by atoms with Crippen molar-refractivity contribution in [1.29, 1.82) is 0 Å². The fraction of sp³-hybridized carbons (Fsp3) is 0.643. The summed E-state index contributed by atoms with van der Waals surface area (Å²) < 4.78 is 0. The van der Waals surface area contributed by atoms with Crippen LogP contribution < -0.4 is 16.6 Å². The summed E-state index contributed by atoms with van der Waals surface area (Å²) in [5.41, 5.74) is -1.12. The Hall–Kier alpha value is -1.89. The highest BCUT2D eigenvalue weighted by atomic mass is 16.2. The van der Waals surface area contributed by atoms with Crippen molar-refractivity contribution in [3.63, 3.8) is 0 Å². The van der Waals surface area contributed by atoms with Gasteiger partial charge >= 0.3 is 5.69 Å². The van der Waals surface area contributed by atoms with E-state index in [0.717, 1.165) is 38.3 Å². The fourth-order valence-electron chi connectivity index (χ4n) is 2.79. The van der Waals surface area contributed by atoms with Gasteiger partial charge in [0.1, 0.15) is 5.69 Å². The molecular weight excluding hydrogens is 272 g/mol. The van der Waals surface area contributed by atoms with Crippen LogP contribution in [0.15, 0.2) is 15.7 Å². The van der Waals surface area contributed by atoms with E-state index in [1.54, 1.807) is 4.90 Å². The van der Waals surface area contributed by atoms with Crippen molar-refractivity contribution < 1.29 is 4.79 Å².